The first-order valence-corrected chi connectivity index (χ1v) is 4.15. The van der Waals surface area contributed by atoms with E-state index in [1.165, 1.54) is 12.1 Å². The second kappa shape index (κ2) is 3.14. The maximum absolute atomic E-state index is 12.9. The fraction of sp³-hybridized carbons (Fsp3) is 0.100. The van der Waals surface area contributed by atoms with Crippen molar-refractivity contribution in [2.24, 2.45) is 0 Å². The Balaban J connectivity index is 2.55. The smallest absolute Gasteiger partial charge is 0.169 e. The molecule has 0 aliphatic rings. The lowest BCUT2D eigenvalue weighted by Gasteiger charge is -2.00. The van der Waals surface area contributed by atoms with Crippen molar-refractivity contribution in [1.29, 1.82) is 0 Å². The van der Waals surface area contributed by atoms with E-state index in [1.807, 2.05) is 6.92 Å². The van der Waals surface area contributed by atoms with Crippen LogP contribution in [0.25, 0.3) is 11.3 Å². The number of benzene rings is 1. The predicted molar refractivity (Wildman–Crippen MR) is 51.0 cm³/mol. The Morgan fingerprint density at radius 2 is 2.14 bits per heavy atom. The predicted octanol–water partition coefficient (Wildman–Crippen LogP) is 2.37. The lowest BCUT2D eigenvalue weighted by atomic mass is 10.1. The number of anilines is 1. The second-order valence-electron chi connectivity index (χ2n) is 3.08. The molecule has 0 aliphatic heterocycles. The highest BCUT2D eigenvalue weighted by molar-refractivity contribution is 5.63. The summed E-state index contributed by atoms with van der Waals surface area (Å²) in [6, 6.07) is 6.05. The van der Waals surface area contributed by atoms with E-state index < -0.39 is 0 Å². The van der Waals surface area contributed by atoms with Gasteiger partial charge in [0, 0.05) is 11.6 Å². The molecule has 4 heteroatoms. The third-order valence-corrected chi connectivity index (χ3v) is 1.99. The Labute approximate surface area is 80.3 Å². The van der Waals surface area contributed by atoms with Gasteiger partial charge in [-0.3, -0.25) is 0 Å². The van der Waals surface area contributed by atoms with Gasteiger partial charge in [-0.1, -0.05) is 11.2 Å². The van der Waals surface area contributed by atoms with Gasteiger partial charge >= 0.3 is 0 Å². The average molecular weight is 192 g/mol. The largest absolute Gasteiger partial charge is 0.381 e. The number of rotatable bonds is 1. The highest BCUT2D eigenvalue weighted by atomic mass is 19.1. The molecule has 2 N–H and O–H groups in total. The molecule has 0 radical (unpaired) electrons. The molecule has 0 spiro atoms. The third kappa shape index (κ3) is 1.46. The summed E-state index contributed by atoms with van der Waals surface area (Å²) in [6.07, 6.45) is 0. The molecular weight excluding hydrogens is 183 g/mol. The van der Waals surface area contributed by atoms with E-state index in [0.717, 1.165) is 5.56 Å². The highest BCUT2D eigenvalue weighted by Gasteiger charge is 2.08. The van der Waals surface area contributed by atoms with Gasteiger partial charge in [-0.2, -0.15) is 0 Å². The van der Waals surface area contributed by atoms with Gasteiger partial charge in [0.05, 0.1) is 0 Å². The van der Waals surface area contributed by atoms with E-state index in [1.54, 1.807) is 12.1 Å². The van der Waals surface area contributed by atoms with Gasteiger partial charge < -0.3 is 10.3 Å². The summed E-state index contributed by atoms with van der Waals surface area (Å²) in [5, 5.41) is 3.54. The SMILES string of the molecule is Cc1ccc(F)cc1-c1cc(N)no1. The Morgan fingerprint density at radius 1 is 1.36 bits per heavy atom. The molecule has 1 aromatic carbocycles. The van der Waals surface area contributed by atoms with Crippen molar-refractivity contribution < 1.29 is 8.91 Å². The molecular formula is C10H9FN2O. The van der Waals surface area contributed by atoms with Crippen LogP contribution < -0.4 is 5.73 Å². The van der Waals surface area contributed by atoms with Crippen LogP contribution in [0.3, 0.4) is 0 Å². The zero-order valence-electron chi connectivity index (χ0n) is 7.62. The Morgan fingerprint density at radius 3 is 2.79 bits per heavy atom. The van der Waals surface area contributed by atoms with Crippen molar-refractivity contribution >= 4 is 5.82 Å². The van der Waals surface area contributed by atoms with Crippen molar-refractivity contribution in [3.05, 3.63) is 35.6 Å². The Kier molecular flexibility index (Phi) is 1.96. The molecule has 0 unspecified atom stereocenters. The van der Waals surface area contributed by atoms with E-state index >= 15 is 0 Å². The molecule has 72 valence electrons. The molecule has 1 aromatic heterocycles. The minimum atomic E-state index is -0.305. The fourth-order valence-corrected chi connectivity index (χ4v) is 1.28. The van der Waals surface area contributed by atoms with Crippen LogP contribution in [0.4, 0.5) is 10.2 Å². The minimum absolute atomic E-state index is 0.295. The Hall–Kier alpha value is -1.84. The van der Waals surface area contributed by atoms with Crippen LogP contribution in [0.15, 0.2) is 28.8 Å². The molecule has 0 amide bonds. The molecule has 2 aromatic rings. The molecule has 0 saturated heterocycles. The first kappa shape index (κ1) is 8.74. The fourth-order valence-electron chi connectivity index (χ4n) is 1.28. The van der Waals surface area contributed by atoms with Crippen LogP contribution in [0.1, 0.15) is 5.56 Å². The zero-order valence-corrected chi connectivity index (χ0v) is 7.62. The van der Waals surface area contributed by atoms with Crippen molar-refractivity contribution in [1.82, 2.24) is 5.16 Å². The lowest BCUT2D eigenvalue weighted by molar-refractivity contribution is 0.435. The normalized spacial score (nSPS) is 10.4. The number of halogens is 1. The molecule has 0 atom stereocenters. The average Bonchev–Trinajstić information content (AvgIpc) is 2.56. The topological polar surface area (TPSA) is 52.0 Å². The van der Waals surface area contributed by atoms with Crippen molar-refractivity contribution in [2.45, 2.75) is 6.92 Å². The molecule has 2 rings (SSSR count). The summed E-state index contributed by atoms with van der Waals surface area (Å²) in [6.45, 7) is 1.87. The quantitative estimate of drug-likeness (QED) is 0.754. The van der Waals surface area contributed by atoms with Crippen LogP contribution in [-0.2, 0) is 0 Å². The minimum Gasteiger partial charge on any atom is -0.381 e. The van der Waals surface area contributed by atoms with Crippen LogP contribution in [-0.4, -0.2) is 5.16 Å². The number of aromatic nitrogens is 1. The van der Waals surface area contributed by atoms with Gasteiger partial charge in [0.2, 0.25) is 0 Å². The first-order chi connectivity index (χ1) is 6.66. The number of hydrogen-bond donors (Lipinski definition) is 1. The summed E-state index contributed by atoms with van der Waals surface area (Å²) >= 11 is 0. The highest BCUT2D eigenvalue weighted by Crippen LogP contribution is 2.25. The molecule has 3 nitrogen and oxygen atoms in total. The van der Waals surface area contributed by atoms with Gasteiger partial charge in [0.15, 0.2) is 11.6 Å². The van der Waals surface area contributed by atoms with Crippen LogP contribution >= 0.6 is 0 Å². The van der Waals surface area contributed by atoms with Crippen molar-refractivity contribution in [2.75, 3.05) is 5.73 Å². The summed E-state index contributed by atoms with van der Waals surface area (Å²) in [7, 11) is 0. The lowest BCUT2D eigenvalue weighted by Crippen LogP contribution is -1.83. The molecule has 14 heavy (non-hydrogen) atoms. The number of aryl methyl sites for hydroxylation is 1. The molecule has 1 heterocycles. The van der Waals surface area contributed by atoms with Crippen LogP contribution in [0.5, 0.6) is 0 Å². The molecule has 0 bridgehead atoms. The number of nitrogen functional groups attached to an aromatic ring is 1. The molecule has 0 fully saturated rings. The summed E-state index contributed by atoms with van der Waals surface area (Å²) in [4.78, 5) is 0. The van der Waals surface area contributed by atoms with Crippen LogP contribution in [0.2, 0.25) is 0 Å². The van der Waals surface area contributed by atoms with Crippen molar-refractivity contribution in [3.8, 4) is 11.3 Å². The third-order valence-electron chi connectivity index (χ3n) is 1.99. The standard InChI is InChI=1S/C10H9FN2O/c1-6-2-3-7(11)4-8(6)9-5-10(12)13-14-9/h2-5H,1H3,(H2,12,13). The van der Waals surface area contributed by atoms with E-state index in [4.69, 9.17) is 10.3 Å². The van der Waals surface area contributed by atoms with Crippen molar-refractivity contribution in [3.63, 3.8) is 0 Å². The van der Waals surface area contributed by atoms with Gasteiger partial charge in [-0.05, 0) is 24.6 Å². The second-order valence-corrected chi connectivity index (χ2v) is 3.08. The van der Waals surface area contributed by atoms with Gasteiger partial charge in [-0.15, -0.1) is 0 Å². The maximum Gasteiger partial charge on any atom is 0.169 e. The number of nitrogens with two attached hydrogens (primary N) is 1. The summed E-state index contributed by atoms with van der Waals surface area (Å²) in [5.41, 5.74) is 7.00. The molecule has 0 aliphatic carbocycles. The number of nitrogens with zero attached hydrogens (tertiary/aromatic N) is 1. The summed E-state index contributed by atoms with van der Waals surface area (Å²) in [5.74, 6) is 0.476. The monoisotopic (exact) mass is 192 g/mol. The number of hydrogen-bond acceptors (Lipinski definition) is 3. The maximum atomic E-state index is 12.9. The van der Waals surface area contributed by atoms with E-state index in [-0.39, 0.29) is 5.82 Å². The molecule has 0 saturated carbocycles. The Bertz CT molecular complexity index is 465. The van der Waals surface area contributed by atoms with E-state index in [2.05, 4.69) is 5.16 Å². The van der Waals surface area contributed by atoms with E-state index in [0.29, 0.717) is 17.1 Å². The van der Waals surface area contributed by atoms with Gasteiger partial charge in [0.25, 0.3) is 0 Å². The summed E-state index contributed by atoms with van der Waals surface area (Å²) < 4.78 is 17.9. The zero-order chi connectivity index (χ0) is 10.1. The van der Waals surface area contributed by atoms with E-state index in [9.17, 15) is 4.39 Å². The van der Waals surface area contributed by atoms with Gasteiger partial charge in [0.1, 0.15) is 5.82 Å². The van der Waals surface area contributed by atoms with Gasteiger partial charge in [-0.25, -0.2) is 4.39 Å². The first-order valence-electron chi connectivity index (χ1n) is 4.15. The van der Waals surface area contributed by atoms with Crippen LogP contribution in [0, 0.1) is 12.7 Å².